The summed E-state index contributed by atoms with van der Waals surface area (Å²) >= 11 is 0. The number of aryl methyl sites for hydroxylation is 2. The number of hydrogen-bond acceptors (Lipinski definition) is 6. The Hall–Kier alpha value is -2.69. The van der Waals surface area contributed by atoms with Crippen molar-refractivity contribution in [3.05, 3.63) is 53.1 Å². The number of ether oxygens (including phenoxy) is 1. The molecule has 0 radical (unpaired) electrons. The second kappa shape index (κ2) is 8.34. The third kappa shape index (κ3) is 5.56. The highest BCUT2D eigenvalue weighted by molar-refractivity contribution is 7.91. The number of rotatable bonds is 7. The monoisotopic (exact) mass is 469 g/mol. The maximum Gasteiger partial charge on any atom is 0.573 e. The lowest BCUT2D eigenvalue weighted by atomic mass is 10.0. The first-order valence-corrected chi connectivity index (χ1v) is 12.1. The van der Waals surface area contributed by atoms with Crippen molar-refractivity contribution in [1.29, 1.82) is 0 Å². The second-order valence-corrected chi connectivity index (χ2v) is 10.6. The predicted molar refractivity (Wildman–Crippen MR) is 109 cm³/mol. The van der Waals surface area contributed by atoms with E-state index in [9.17, 15) is 26.4 Å². The molecule has 2 aliphatic rings. The normalized spacial score (nSPS) is 17.2. The summed E-state index contributed by atoms with van der Waals surface area (Å²) in [6, 6.07) is 4.70. The summed E-state index contributed by atoms with van der Waals surface area (Å²) in [4.78, 5) is 22.2. The van der Waals surface area contributed by atoms with Gasteiger partial charge in [0.25, 0.3) is 5.91 Å². The van der Waals surface area contributed by atoms with Crippen molar-refractivity contribution in [1.82, 2.24) is 14.9 Å². The molecule has 1 aromatic heterocycles. The van der Waals surface area contributed by atoms with Crippen LogP contribution in [-0.4, -0.2) is 60.2 Å². The average molecular weight is 469 g/mol. The van der Waals surface area contributed by atoms with Crippen molar-refractivity contribution in [3.8, 4) is 5.75 Å². The number of sulfone groups is 1. The predicted octanol–water partition coefficient (Wildman–Crippen LogP) is 2.91. The number of hydrogen-bond donors (Lipinski definition) is 0. The third-order valence-corrected chi connectivity index (χ3v) is 7.11. The molecule has 0 N–H and O–H groups in total. The van der Waals surface area contributed by atoms with Gasteiger partial charge in [0.05, 0.1) is 10.8 Å². The molecule has 1 aliphatic heterocycles. The van der Waals surface area contributed by atoms with Crippen LogP contribution in [0.1, 0.15) is 46.1 Å². The van der Waals surface area contributed by atoms with Crippen molar-refractivity contribution in [2.24, 2.45) is 0 Å². The zero-order chi connectivity index (χ0) is 23.1. The van der Waals surface area contributed by atoms with Crippen LogP contribution in [0.15, 0.2) is 30.6 Å². The fourth-order valence-electron chi connectivity index (χ4n) is 3.58. The van der Waals surface area contributed by atoms with Gasteiger partial charge in [-0.2, -0.15) is 0 Å². The smallest absolute Gasteiger partial charge is 0.406 e. The van der Waals surface area contributed by atoms with E-state index in [0.717, 1.165) is 24.7 Å². The van der Waals surface area contributed by atoms with E-state index in [0.29, 0.717) is 24.2 Å². The highest BCUT2D eigenvalue weighted by Gasteiger charge is 2.37. The van der Waals surface area contributed by atoms with E-state index in [1.54, 1.807) is 0 Å². The molecular weight excluding hydrogens is 447 g/mol. The number of halogens is 3. The van der Waals surface area contributed by atoms with Crippen LogP contribution >= 0.6 is 0 Å². The zero-order valence-electron chi connectivity index (χ0n) is 17.3. The molecule has 1 amide bonds. The van der Waals surface area contributed by atoms with Gasteiger partial charge in [0, 0.05) is 38.2 Å². The van der Waals surface area contributed by atoms with E-state index >= 15 is 0 Å². The van der Waals surface area contributed by atoms with Crippen LogP contribution < -0.4 is 4.74 Å². The van der Waals surface area contributed by atoms with Crippen LogP contribution in [0.4, 0.5) is 13.2 Å². The van der Waals surface area contributed by atoms with Gasteiger partial charge in [-0.05, 0) is 48.4 Å². The van der Waals surface area contributed by atoms with Gasteiger partial charge in [0.15, 0.2) is 9.84 Å². The van der Waals surface area contributed by atoms with Gasteiger partial charge < -0.3 is 9.64 Å². The van der Waals surface area contributed by atoms with E-state index in [-0.39, 0.29) is 36.2 Å². The molecule has 0 atom stereocenters. The summed E-state index contributed by atoms with van der Waals surface area (Å²) < 4.78 is 65.0. The summed E-state index contributed by atoms with van der Waals surface area (Å²) in [6.07, 6.45) is 1.89. The molecule has 2 heterocycles. The Morgan fingerprint density at radius 3 is 2.34 bits per heavy atom. The zero-order valence-corrected chi connectivity index (χ0v) is 18.1. The van der Waals surface area contributed by atoms with Crippen LogP contribution in [0.25, 0.3) is 0 Å². The Bertz CT molecular complexity index is 1110. The lowest BCUT2D eigenvalue weighted by molar-refractivity contribution is -0.274. The minimum absolute atomic E-state index is 0.152. The summed E-state index contributed by atoms with van der Waals surface area (Å²) in [5, 5.41) is -0.538. The largest absolute Gasteiger partial charge is 0.573 e. The van der Waals surface area contributed by atoms with E-state index in [1.807, 2.05) is 6.07 Å². The number of aromatic nitrogens is 2. The Balaban J connectivity index is 1.38. The van der Waals surface area contributed by atoms with Crippen molar-refractivity contribution in [3.63, 3.8) is 0 Å². The molecule has 2 fully saturated rings. The molecule has 32 heavy (non-hydrogen) atoms. The van der Waals surface area contributed by atoms with Gasteiger partial charge in [-0.25, -0.2) is 18.4 Å². The molecule has 7 nitrogen and oxygen atoms in total. The van der Waals surface area contributed by atoms with Crippen LogP contribution in [0.3, 0.4) is 0 Å². The maximum absolute atomic E-state index is 12.6. The van der Waals surface area contributed by atoms with E-state index in [2.05, 4.69) is 14.7 Å². The Morgan fingerprint density at radius 2 is 1.78 bits per heavy atom. The molecule has 2 aromatic rings. The second-order valence-electron chi connectivity index (χ2n) is 8.28. The number of nitrogens with zero attached hydrogens (tertiary/aromatic N) is 3. The van der Waals surface area contributed by atoms with Gasteiger partial charge in [-0.15, -0.1) is 13.2 Å². The molecule has 0 unspecified atom stereocenters. The topological polar surface area (TPSA) is 89.5 Å². The first-order valence-electron chi connectivity index (χ1n) is 10.2. The number of carbonyl (C=O) groups is 1. The van der Waals surface area contributed by atoms with E-state index in [1.165, 1.54) is 29.4 Å². The minimum Gasteiger partial charge on any atom is -0.406 e. The Labute approximate surface area is 183 Å². The number of likely N-dealkylation sites (tertiary alicyclic amines) is 1. The maximum atomic E-state index is 12.6. The lowest BCUT2D eigenvalue weighted by Crippen LogP contribution is -2.56. The summed E-state index contributed by atoms with van der Waals surface area (Å²) in [6.45, 7) is 0.304. The Kier molecular flexibility index (Phi) is 5.87. The van der Waals surface area contributed by atoms with Crippen LogP contribution in [-0.2, 0) is 22.7 Å². The molecule has 1 saturated heterocycles. The van der Waals surface area contributed by atoms with Crippen molar-refractivity contribution < 1.29 is 31.1 Å². The molecule has 4 rings (SSSR count). The highest BCUT2D eigenvalue weighted by atomic mass is 32.2. The number of carbonyl (C=O) groups excluding carboxylic acids is 1. The fourth-order valence-corrected chi connectivity index (χ4v) is 4.48. The molecule has 0 spiro atoms. The molecule has 172 valence electrons. The molecule has 1 aromatic carbocycles. The quantitative estimate of drug-likeness (QED) is 0.620. The summed E-state index contributed by atoms with van der Waals surface area (Å²) in [5.41, 5.74) is 1.80. The summed E-state index contributed by atoms with van der Waals surface area (Å²) in [7, 11) is -3.17. The van der Waals surface area contributed by atoms with Gasteiger partial charge in [-0.3, -0.25) is 4.79 Å². The standard InChI is InChI=1S/C21H22F3N3O4S/c1-32(29,30)18-11-27(12-18)20(28)16-9-25-19(26-10-16)5-2-13-6-15(14-3-4-14)8-17(7-13)31-21(22,23)24/h6-10,14,18H,2-5,11-12H2,1H3. The number of benzene rings is 1. The molecule has 1 saturated carbocycles. The minimum atomic E-state index is -4.75. The van der Waals surface area contributed by atoms with E-state index < -0.39 is 21.4 Å². The average Bonchev–Trinajstić information content (AvgIpc) is 3.48. The van der Waals surface area contributed by atoms with Crippen molar-refractivity contribution >= 4 is 15.7 Å². The van der Waals surface area contributed by atoms with Crippen LogP contribution in [0.2, 0.25) is 0 Å². The van der Waals surface area contributed by atoms with Crippen molar-refractivity contribution in [2.45, 2.75) is 43.2 Å². The molecular formula is C21H22F3N3O4S. The number of amides is 1. The van der Waals surface area contributed by atoms with Crippen molar-refractivity contribution in [2.75, 3.05) is 19.3 Å². The Morgan fingerprint density at radius 1 is 1.12 bits per heavy atom. The number of alkyl halides is 3. The molecule has 11 heteroatoms. The van der Waals surface area contributed by atoms with Crippen LogP contribution in [0.5, 0.6) is 5.75 Å². The first-order chi connectivity index (χ1) is 15.0. The highest BCUT2D eigenvalue weighted by Crippen LogP contribution is 2.42. The SMILES string of the molecule is CS(=O)(=O)C1CN(C(=O)c2cnc(CCc3cc(OC(F)(F)F)cc(C4CC4)c3)nc2)C1. The lowest BCUT2D eigenvalue weighted by Gasteiger charge is -2.37. The molecule has 0 bridgehead atoms. The van der Waals surface area contributed by atoms with Gasteiger partial charge in [-0.1, -0.05) is 6.07 Å². The third-order valence-electron chi connectivity index (χ3n) is 5.60. The molecule has 1 aliphatic carbocycles. The first kappa shape index (κ1) is 22.5. The van der Waals surface area contributed by atoms with Gasteiger partial charge in [0.2, 0.25) is 0 Å². The van der Waals surface area contributed by atoms with Gasteiger partial charge >= 0.3 is 6.36 Å². The summed E-state index contributed by atoms with van der Waals surface area (Å²) in [5.74, 6) is 0.174. The van der Waals surface area contributed by atoms with Gasteiger partial charge in [0.1, 0.15) is 11.6 Å². The van der Waals surface area contributed by atoms with E-state index in [4.69, 9.17) is 0 Å². The van der Waals surface area contributed by atoms with Crippen LogP contribution in [0, 0.1) is 0 Å². The fraction of sp³-hybridized carbons (Fsp3) is 0.476.